The molecule has 7 nitrogen and oxygen atoms in total. The second-order valence-electron chi connectivity index (χ2n) is 16.2. The minimum Gasteiger partial charge on any atom is -0.456 e. The number of nitrogens with zero attached hydrogens (tertiary/aromatic N) is 6. The Morgan fingerprint density at radius 2 is 0.818 bits per heavy atom. The maximum Gasteiger partial charge on any atom is 0.166 e. The summed E-state index contributed by atoms with van der Waals surface area (Å²) in [7, 11) is 0. The van der Waals surface area contributed by atoms with Gasteiger partial charge in [-0.3, -0.25) is 0 Å². The molecule has 0 saturated heterocycles. The van der Waals surface area contributed by atoms with Crippen LogP contribution in [0.15, 0.2) is 211 Å². The summed E-state index contributed by atoms with van der Waals surface area (Å²) in [4.78, 5) is 15.6. The molecule has 0 atom stereocenters. The van der Waals surface area contributed by atoms with Crippen LogP contribution in [-0.4, -0.2) is 19.5 Å². The average Bonchev–Trinajstić information content (AvgIpc) is 3.93. The van der Waals surface area contributed by atoms with Crippen molar-refractivity contribution in [3.63, 3.8) is 0 Å². The first-order valence-corrected chi connectivity index (χ1v) is 21.6. The molecular weight excluding hydrogens is 809 g/mol. The van der Waals surface area contributed by atoms with Crippen molar-refractivity contribution in [1.82, 2.24) is 19.5 Å². The number of para-hydroxylation sites is 1. The Kier molecular flexibility index (Phi) is 9.12. The van der Waals surface area contributed by atoms with E-state index >= 15 is 0 Å². The molecule has 7 heteroatoms. The lowest BCUT2D eigenvalue weighted by molar-refractivity contribution is 0.669. The van der Waals surface area contributed by atoms with Crippen LogP contribution in [0.4, 0.5) is 0 Å². The molecule has 0 N–H and O–H groups in total. The van der Waals surface area contributed by atoms with Gasteiger partial charge in [0.1, 0.15) is 11.2 Å². The van der Waals surface area contributed by atoms with E-state index in [1.807, 2.05) is 133 Å². The van der Waals surface area contributed by atoms with Gasteiger partial charge in [0.25, 0.3) is 0 Å². The summed E-state index contributed by atoms with van der Waals surface area (Å²) in [6, 6.07) is 73.9. The van der Waals surface area contributed by atoms with Gasteiger partial charge in [0, 0.05) is 38.2 Å². The molecule has 66 heavy (non-hydrogen) atoms. The third kappa shape index (κ3) is 6.47. The summed E-state index contributed by atoms with van der Waals surface area (Å²) in [6.45, 7) is 0. The fourth-order valence-electron chi connectivity index (χ4n) is 9.21. The lowest BCUT2D eigenvalue weighted by Crippen LogP contribution is -2.04. The smallest absolute Gasteiger partial charge is 0.166 e. The first kappa shape index (κ1) is 38.3. The second kappa shape index (κ2) is 15.7. The monoisotopic (exact) mass is 842 g/mol. The second-order valence-corrected chi connectivity index (χ2v) is 16.2. The zero-order valence-corrected chi connectivity index (χ0v) is 35.2. The summed E-state index contributed by atoms with van der Waals surface area (Å²) in [6.07, 6.45) is 0. The van der Waals surface area contributed by atoms with Crippen molar-refractivity contribution in [2.24, 2.45) is 0 Å². The Bertz CT molecular complexity index is 3790. The van der Waals surface area contributed by atoms with Crippen LogP contribution >= 0.6 is 0 Å². The van der Waals surface area contributed by atoms with Crippen LogP contribution in [0.1, 0.15) is 11.1 Å². The molecule has 0 aliphatic carbocycles. The lowest BCUT2D eigenvalue weighted by Gasteiger charge is -2.17. The van der Waals surface area contributed by atoms with Gasteiger partial charge in [-0.25, -0.2) is 15.0 Å². The highest BCUT2D eigenvalue weighted by Crippen LogP contribution is 2.42. The van der Waals surface area contributed by atoms with Gasteiger partial charge in [-0.1, -0.05) is 140 Å². The number of aromatic nitrogens is 4. The topological polar surface area (TPSA) is 104 Å². The van der Waals surface area contributed by atoms with Crippen LogP contribution in [-0.2, 0) is 0 Å². The molecule has 0 bridgehead atoms. The Morgan fingerprint density at radius 1 is 0.348 bits per heavy atom. The number of furan rings is 1. The molecule has 0 fully saturated rings. The van der Waals surface area contributed by atoms with Gasteiger partial charge in [0.2, 0.25) is 0 Å². The Labute approximate surface area is 379 Å². The minimum absolute atomic E-state index is 0.517. The zero-order valence-electron chi connectivity index (χ0n) is 35.2. The summed E-state index contributed by atoms with van der Waals surface area (Å²) in [5, 5.41) is 24.4. The van der Waals surface area contributed by atoms with Crippen molar-refractivity contribution in [3.05, 3.63) is 217 Å². The first-order valence-electron chi connectivity index (χ1n) is 21.6. The lowest BCUT2D eigenvalue weighted by atomic mass is 9.96. The molecule has 0 spiro atoms. The van der Waals surface area contributed by atoms with Crippen LogP contribution in [0, 0.1) is 22.7 Å². The first-order chi connectivity index (χ1) is 32.6. The van der Waals surface area contributed by atoms with Gasteiger partial charge < -0.3 is 8.98 Å². The summed E-state index contributed by atoms with van der Waals surface area (Å²) < 4.78 is 8.52. The predicted octanol–water partition coefficient (Wildman–Crippen LogP) is 14.6. The van der Waals surface area contributed by atoms with Crippen LogP contribution in [0.2, 0.25) is 0 Å². The number of rotatable bonds is 7. The van der Waals surface area contributed by atoms with E-state index in [0.29, 0.717) is 28.6 Å². The molecule has 0 aliphatic rings. The van der Waals surface area contributed by atoms with E-state index in [1.165, 1.54) is 0 Å². The highest BCUT2D eigenvalue weighted by Gasteiger charge is 2.22. The molecule has 3 heterocycles. The van der Waals surface area contributed by atoms with Crippen molar-refractivity contribution in [1.29, 1.82) is 10.5 Å². The predicted molar refractivity (Wildman–Crippen MR) is 263 cm³/mol. The van der Waals surface area contributed by atoms with Gasteiger partial charge >= 0.3 is 0 Å². The van der Waals surface area contributed by atoms with Crippen molar-refractivity contribution < 1.29 is 4.42 Å². The zero-order chi connectivity index (χ0) is 44.1. The van der Waals surface area contributed by atoms with Crippen molar-refractivity contribution in [3.8, 4) is 85.4 Å². The minimum atomic E-state index is 0.517. The van der Waals surface area contributed by atoms with Crippen molar-refractivity contribution in [2.45, 2.75) is 0 Å². The summed E-state index contributed by atoms with van der Waals surface area (Å²) in [5.41, 5.74) is 13.8. The fraction of sp³-hybridized carbons (Fsp3) is 0. The van der Waals surface area contributed by atoms with Gasteiger partial charge in [-0.05, 0) is 100 Å². The van der Waals surface area contributed by atoms with Crippen LogP contribution in [0.3, 0.4) is 0 Å². The third-order valence-corrected chi connectivity index (χ3v) is 12.4. The Morgan fingerprint density at radius 3 is 1.42 bits per heavy atom. The van der Waals surface area contributed by atoms with Crippen LogP contribution in [0.25, 0.3) is 117 Å². The van der Waals surface area contributed by atoms with Crippen molar-refractivity contribution >= 4 is 43.7 Å². The largest absolute Gasteiger partial charge is 0.456 e. The molecule has 9 aromatic carbocycles. The molecule has 0 unspecified atom stereocenters. The molecule has 12 rings (SSSR count). The molecule has 12 aromatic rings. The Hall–Kier alpha value is -9.43. The molecule has 3 aromatic heterocycles. The normalized spacial score (nSPS) is 11.3. The Balaban J connectivity index is 1.16. The number of benzene rings is 9. The van der Waals surface area contributed by atoms with E-state index in [4.69, 9.17) is 19.4 Å². The quantitative estimate of drug-likeness (QED) is 0.158. The maximum absolute atomic E-state index is 10.1. The SMILES string of the molecule is N#Cc1ccccc1-c1ccc2c(c1)c1cc(-c3ccccc3C#N)ccc1n2-c1ccc(-c2ccc3oc4ccccc4c3c2)cc1-c1nc(-c2ccccc2)nc(-c2ccccc2)n1. The van der Waals surface area contributed by atoms with Crippen LogP contribution < -0.4 is 0 Å². The number of fused-ring (bicyclic) bond motifs is 6. The number of hydrogen-bond donors (Lipinski definition) is 0. The molecule has 0 aliphatic heterocycles. The third-order valence-electron chi connectivity index (χ3n) is 12.4. The van der Waals surface area contributed by atoms with E-state index in [2.05, 4.69) is 89.5 Å². The highest BCUT2D eigenvalue weighted by atomic mass is 16.3. The fourth-order valence-corrected chi connectivity index (χ4v) is 9.21. The molecule has 0 saturated carbocycles. The average molecular weight is 843 g/mol. The van der Waals surface area contributed by atoms with E-state index in [9.17, 15) is 10.5 Å². The van der Waals surface area contributed by atoms with E-state index in [1.54, 1.807) is 0 Å². The van der Waals surface area contributed by atoms with Gasteiger partial charge in [-0.2, -0.15) is 10.5 Å². The summed E-state index contributed by atoms with van der Waals surface area (Å²) >= 11 is 0. The van der Waals surface area contributed by atoms with Gasteiger partial charge in [-0.15, -0.1) is 0 Å². The molecule has 306 valence electrons. The number of nitriles is 2. The van der Waals surface area contributed by atoms with E-state index < -0.39 is 0 Å². The highest BCUT2D eigenvalue weighted by molar-refractivity contribution is 6.12. The summed E-state index contributed by atoms with van der Waals surface area (Å²) in [5.74, 6) is 1.64. The number of hydrogen-bond acceptors (Lipinski definition) is 6. The maximum atomic E-state index is 10.1. The van der Waals surface area contributed by atoms with Gasteiger partial charge in [0.15, 0.2) is 17.5 Å². The molecular formula is C59H34N6O. The van der Waals surface area contributed by atoms with Crippen LogP contribution in [0.5, 0.6) is 0 Å². The standard InChI is InChI=1S/C59H34N6O/c60-35-43-17-7-9-19-45(43)41-24-28-52-48(33-41)49-34-42(46-20-10-8-18-44(46)36-61)25-29-53(49)65(52)54-27-23-39(40-26-30-56-50(31-40)47-21-11-12-22-55(47)66-56)32-51(54)59-63-57(37-13-3-1-4-14-37)62-58(64-59)38-15-5-2-6-16-38/h1-34H. The van der Waals surface area contributed by atoms with Crippen molar-refractivity contribution in [2.75, 3.05) is 0 Å². The van der Waals surface area contributed by atoms with Gasteiger partial charge in [0.05, 0.1) is 40.0 Å². The van der Waals surface area contributed by atoms with E-state index in [-0.39, 0.29) is 0 Å². The molecule has 0 radical (unpaired) electrons. The van der Waals surface area contributed by atoms with E-state index in [0.717, 1.165) is 99.5 Å². The molecule has 0 amide bonds.